The zero-order chi connectivity index (χ0) is 18.0. The number of carbonyl (C=O) groups excluding carboxylic acids is 2. The van der Waals surface area contributed by atoms with E-state index in [1.165, 1.54) is 11.3 Å². The van der Waals surface area contributed by atoms with E-state index in [1.807, 2.05) is 56.3 Å². The summed E-state index contributed by atoms with van der Waals surface area (Å²) in [5.74, 6) is -0.819. The van der Waals surface area contributed by atoms with E-state index in [2.05, 4.69) is 5.32 Å². The van der Waals surface area contributed by atoms with E-state index in [9.17, 15) is 9.59 Å². The number of primary amides is 1. The maximum atomic E-state index is 12.5. The molecular formula is C20H18N2O2S. The zero-order valence-electron chi connectivity index (χ0n) is 14.0. The highest BCUT2D eigenvalue weighted by atomic mass is 32.1. The summed E-state index contributed by atoms with van der Waals surface area (Å²) >= 11 is 1.34. The maximum absolute atomic E-state index is 12.5. The van der Waals surface area contributed by atoms with Crippen LogP contribution in [0.5, 0.6) is 0 Å². The molecule has 3 N–H and O–H groups in total. The third-order valence-electron chi connectivity index (χ3n) is 4.05. The van der Waals surface area contributed by atoms with E-state index in [0.717, 1.165) is 21.6 Å². The second-order valence-electron chi connectivity index (χ2n) is 5.84. The van der Waals surface area contributed by atoms with Gasteiger partial charge in [-0.1, -0.05) is 36.4 Å². The van der Waals surface area contributed by atoms with Crippen molar-refractivity contribution in [3.63, 3.8) is 0 Å². The summed E-state index contributed by atoms with van der Waals surface area (Å²) in [4.78, 5) is 25.2. The highest BCUT2D eigenvalue weighted by Gasteiger charge is 2.17. The van der Waals surface area contributed by atoms with Crippen molar-refractivity contribution in [2.45, 2.75) is 13.8 Å². The van der Waals surface area contributed by atoms with Gasteiger partial charge in [0.1, 0.15) is 5.00 Å². The standard InChI is InChI=1S/C20H18N2O2S/c1-12-8-9-15(10-13(12)2)19(24)22-20-16(18(21)23)11-17(25-20)14-6-4-3-5-7-14/h3-11H,1-2H3,(H2,21,23)(H,22,24). The smallest absolute Gasteiger partial charge is 0.256 e. The van der Waals surface area contributed by atoms with Gasteiger partial charge in [-0.05, 0) is 48.7 Å². The van der Waals surface area contributed by atoms with Gasteiger partial charge in [-0.3, -0.25) is 9.59 Å². The van der Waals surface area contributed by atoms with Crippen molar-refractivity contribution >= 4 is 28.2 Å². The molecule has 2 aromatic carbocycles. The van der Waals surface area contributed by atoms with Gasteiger partial charge in [0.25, 0.3) is 11.8 Å². The van der Waals surface area contributed by atoms with Crippen LogP contribution < -0.4 is 11.1 Å². The molecule has 0 saturated carbocycles. The Balaban J connectivity index is 1.93. The second-order valence-corrected chi connectivity index (χ2v) is 6.89. The number of amides is 2. The maximum Gasteiger partial charge on any atom is 0.256 e. The van der Waals surface area contributed by atoms with Gasteiger partial charge in [-0.25, -0.2) is 0 Å². The minimum absolute atomic E-state index is 0.257. The molecule has 0 saturated heterocycles. The molecule has 0 atom stereocenters. The van der Waals surface area contributed by atoms with Crippen LogP contribution >= 0.6 is 11.3 Å². The summed E-state index contributed by atoms with van der Waals surface area (Å²) in [5.41, 5.74) is 9.49. The Labute approximate surface area is 150 Å². The lowest BCUT2D eigenvalue weighted by molar-refractivity contribution is 0.100. The zero-order valence-corrected chi connectivity index (χ0v) is 14.8. The van der Waals surface area contributed by atoms with Crippen molar-refractivity contribution in [1.29, 1.82) is 0 Å². The van der Waals surface area contributed by atoms with E-state index >= 15 is 0 Å². The average Bonchev–Trinajstić information content (AvgIpc) is 3.02. The fourth-order valence-corrected chi connectivity index (χ4v) is 3.53. The van der Waals surface area contributed by atoms with Crippen LogP contribution in [-0.2, 0) is 0 Å². The molecule has 126 valence electrons. The molecule has 2 amide bonds. The molecule has 3 aromatic rings. The lowest BCUT2D eigenvalue weighted by Crippen LogP contribution is -2.16. The monoisotopic (exact) mass is 350 g/mol. The van der Waals surface area contributed by atoms with Crippen molar-refractivity contribution in [3.8, 4) is 10.4 Å². The number of aryl methyl sites for hydroxylation is 2. The third-order valence-corrected chi connectivity index (χ3v) is 5.15. The molecule has 0 unspecified atom stereocenters. The molecule has 4 nitrogen and oxygen atoms in total. The van der Waals surface area contributed by atoms with Crippen LogP contribution in [0.2, 0.25) is 0 Å². The lowest BCUT2D eigenvalue weighted by Gasteiger charge is -2.07. The minimum atomic E-state index is -0.561. The van der Waals surface area contributed by atoms with Gasteiger partial charge in [0.2, 0.25) is 0 Å². The van der Waals surface area contributed by atoms with Gasteiger partial charge in [0.15, 0.2) is 0 Å². The Kier molecular flexibility index (Phi) is 4.67. The minimum Gasteiger partial charge on any atom is -0.366 e. The molecule has 1 heterocycles. The first-order valence-corrected chi connectivity index (χ1v) is 8.65. The predicted octanol–water partition coefficient (Wildman–Crippen LogP) is 4.38. The first-order chi connectivity index (χ1) is 12.0. The van der Waals surface area contributed by atoms with Crippen LogP contribution in [0.15, 0.2) is 54.6 Å². The number of nitrogens with two attached hydrogens (primary N) is 1. The SMILES string of the molecule is Cc1ccc(C(=O)Nc2sc(-c3ccccc3)cc2C(N)=O)cc1C. The number of rotatable bonds is 4. The summed E-state index contributed by atoms with van der Waals surface area (Å²) in [6, 6.07) is 16.9. The summed E-state index contributed by atoms with van der Waals surface area (Å²) in [6.45, 7) is 3.95. The van der Waals surface area contributed by atoms with Gasteiger partial charge >= 0.3 is 0 Å². The molecule has 0 aliphatic heterocycles. The van der Waals surface area contributed by atoms with Gasteiger partial charge < -0.3 is 11.1 Å². The molecule has 25 heavy (non-hydrogen) atoms. The van der Waals surface area contributed by atoms with Crippen LogP contribution in [0.4, 0.5) is 5.00 Å². The molecule has 0 fully saturated rings. The van der Waals surface area contributed by atoms with Crippen LogP contribution in [0.3, 0.4) is 0 Å². The van der Waals surface area contributed by atoms with Crippen LogP contribution in [0.1, 0.15) is 31.8 Å². The van der Waals surface area contributed by atoms with Crippen molar-refractivity contribution in [2.24, 2.45) is 5.73 Å². The first kappa shape index (κ1) is 16.9. The summed E-state index contributed by atoms with van der Waals surface area (Å²) in [7, 11) is 0. The van der Waals surface area contributed by atoms with E-state index in [1.54, 1.807) is 12.1 Å². The summed E-state index contributed by atoms with van der Waals surface area (Å²) in [6.07, 6.45) is 0. The molecule has 0 bridgehead atoms. The average molecular weight is 350 g/mol. The summed E-state index contributed by atoms with van der Waals surface area (Å²) < 4.78 is 0. The van der Waals surface area contributed by atoms with Crippen molar-refractivity contribution in [1.82, 2.24) is 0 Å². The van der Waals surface area contributed by atoms with Gasteiger partial charge in [-0.2, -0.15) is 0 Å². The Hall–Kier alpha value is -2.92. The van der Waals surface area contributed by atoms with E-state index < -0.39 is 5.91 Å². The van der Waals surface area contributed by atoms with Gasteiger partial charge in [-0.15, -0.1) is 11.3 Å². The Morgan fingerprint density at radius 2 is 1.68 bits per heavy atom. The third kappa shape index (κ3) is 3.61. The number of anilines is 1. The number of thiophene rings is 1. The summed E-state index contributed by atoms with van der Waals surface area (Å²) in [5, 5.41) is 3.29. The Morgan fingerprint density at radius 1 is 0.960 bits per heavy atom. The topological polar surface area (TPSA) is 72.2 Å². The van der Waals surface area contributed by atoms with Crippen molar-refractivity contribution in [3.05, 3.63) is 76.9 Å². The number of hydrogen-bond donors (Lipinski definition) is 2. The molecule has 0 aliphatic rings. The molecule has 3 rings (SSSR count). The van der Waals surface area contributed by atoms with E-state index in [4.69, 9.17) is 5.73 Å². The lowest BCUT2D eigenvalue weighted by atomic mass is 10.1. The van der Waals surface area contributed by atoms with Gasteiger partial charge in [0, 0.05) is 10.4 Å². The van der Waals surface area contributed by atoms with Crippen LogP contribution in [0.25, 0.3) is 10.4 Å². The second kappa shape index (κ2) is 6.91. The largest absolute Gasteiger partial charge is 0.366 e. The fourth-order valence-electron chi connectivity index (χ4n) is 2.47. The molecule has 0 radical (unpaired) electrons. The highest BCUT2D eigenvalue weighted by molar-refractivity contribution is 7.20. The van der Waals surface area contributed by atoms with Crippen LogP contribution in [0, 0.1) is 13.8 Å². The molecule has 0 aliphatic carbocycles. The van der Waals surface area contributed by atoms with Crippen molar-refractivity contribution in [2.75, 3.05) is 5.32 Å². The quantitative estimate of drug-likeness (QED) is 0.733. The molecular weight excluding hydrogens is 332 g/mol. The Morgan fingerprint density at radius 3 is 2.32 bits per heavy atom. The predicted molar refractivity (Wildman–Crippen MR) is 102 cm³/mol. The highest BCUT2D eigenvalue weighted by Crippen LogP contribution is 2.35. The molecule has 0 spiro atoms. The number of carbonyl (C=O) groups is 2. The first-order valence-electron chi connectivity index (χ1n) is 7.83. The van der Waals surface area contributed by atoms with Gasteiger partial charge in [0.05, 0.1) is 5.56 Å². The molecule has 1 aromatic heterocycles. The normalized spacial score (nSPS) is 10.5. The van der Waals surface area contributed by atoms with Crippen LogP contribution in [-0.4, -0.2) is 11.8 Å². The van der Waals surface area contributed by atoms with Crippen molar-refractivity contribution < 1.29 is 9.59 Å². The molecule has 5 heteroatoms. The van der Waals surface area contributed by atoms with E-state index in [-0.39, 0.29) is 5.91 Å². The fraction of sp³-hybridized carbons (Fsp3) is 0.100. The number of hydrogen-bond acceptors (Lipinski definition) is 3. The van der Waals surface area contributed by atoms with E-state index in [0.29, 0.717) is 16.1 Å². The Bertz CT molecular complexity index is 946. The number of benzene rings is 2. The number of nitrogens with one attached hydrogen (secondary N) is 1.